The van der Waals surface area contributed by atoms with Gasteiger partial charge in [0.1, 0.15) is 17.3 Å². The number of ether oxygens (including phenoxy) is 1. The van der Waals surface area contributed by atoms with E-state index in [4.69, 9.17) is 4.74 Å². The highest BCUT2D eigenvalue weighted by molar-refractivity contribution is 5.88. The number of hydrogen-bond donors (Lipinski definition) is 1. The van der Waals surface area contributed by atoms with Gasteiger partial charge in [0.15, 0.2) is 0 Å². The lowest BCUT2D eigenvalue weighted by molar-refractivity contribution is -0.393. The fourth-order valence-corrected chi connectivity index (χ4v) is 2.53. The lowest BCUT2D eigenvalue weighted by atomic mass is 10.1. The summed E-state index contributed by atoms with van der Waals surface area (Å²) >= 11 is 0. The number of aromatic nitrogens is 1. The van der Waals surface area contributed by atoms with Crippen LogP contribution in [0.5, 0.6) is 5.88 Å². The molecule has 150 valence electrons. The first-order valence-corrected chi connectivity index (χ1v) is 8.05. The summed E-state index contributed by atoms with van der Waals surface area (Å²) in [5.41, 5.74) is -2.08. The number of nitriles is 1. The van der Waals surface area contributed by atoms with Crippen molar-refractivity contribution in [3.05, 3.63) is 65.5 Å². The van der Waals surface area contributed by atoms with Crippen LogP contribution in [-0.4, -0.2) is 39.5 Å². The molecule has 0 spiro atoms. The fraction of sp³-hybridized carbons (Fsp3) is 0.235. The van der Waals surface area contributed by atoms with Crippen LogP contribution < -0.4 is 5.56 Å². The molecule has 12 heteroatoms. The molecule has 0 aliphatic carbocycles. The average molecular weight is 401 g/mol. The Morgan fingerprint density at radius 2 is 2.03 bits per heavy atom. The monoisotopic (exact) mass is 401 g/mol. The van der Waals surface area contributed by atoms with Crippen molar-refractivity contribution in [2.45, 2.75) is 13.5 Å². The minimum Gasteiger partial charge on any atom is -0.494 e. The third-order valence-electron chi connectivity index (χ3n) is 4.06. The highest BCUT2D eigenvalue weighted by Crippen LogP contribution is 2.31. The number of benzene rings is 1. The molecule has 0 saturated carbocycles. The number of nitrogens with zero attached hydrogens (tertiary/aromatic N) is 5. The highest BCUT2D eigenvalue weighted by Gasteiger charge is 2.21. The van der Waals surface area contributed by atoms with Gasteiger partial charge in [-0.3, -0.25) is 29.6 Å². The molecule has 0 aliphatic heterocycles. The number of nitro groups is 2. The van der Waals surface area contributed by atoms with Crippen molar-refractivity contribution in [3.8, 4) is 11.9 Å². The van der Waals surface area contributed by atoms with Crippen molar-refractivity contribution in [1.29, 1.82) is 5.26 Å². The van der Waals surface area contributed by atoms with Crippen molar-refractivity contribution in [2.24, 2.45) is 4.99 Å². The zero-order valence-electron chi connectivity index (χ0n) is 15.4. The molecular weight excluding hydrogens is 386 g/mol. The average Bonchev–Trinajstić information content (AvgIpc) is 2.68. The van der Waals surface area contributed by atoms with Gasteiger partial charge in [-0.25, -0.2) is 4.99 Å². The Hall–Kier alpha value is -4.11. The Bertz CT molecular complexity index is 1110. The lowest BCUT2D eigenvalue weighted by Crippen LogP contribution is -2.26. The standard InChI is InChI=1S/C17H15N5O7/c1-10-12(8-18)16(23)20(5-6-29-2)17(24)13(10)9-19-14-4-3-11(21(25)26)7-15(14)22(27)28/h3-4,7,9,24H,5-6H2,1-2H3. The molecule has 0 bridgehead atoms. The molecule has 0 unspecified atom stereocenters. The molecule has 2 rings (SSSR count). The molecule has 0 fully saturated rings. The molecule has 29 heavy (non-hydrogen) atoms. The first kappa shape index (κ1) is 21.2. The van der Waals surface area contributed by atoms with Gasteiger partial charge in [0, 0.05) is 19.4 Å². The first-order valence-electron chi connectivity index (χ1n) is 8.05. The van der Waals surface area contributed by atoms with E-state index in [-0.39, 0.29) is 35.5 Å². The van der Waals surface area contributed by atoms with Crippen LogP contribution in [0.3, 0.4) is 0 Å². The molecule has 0 saturated heterocycles. The molecule has 1 heterocycles. The second-order valence-corrected chi connectivity index (χ2v) is 5.74. The van der Waals surface area contributed by atoms with Gasteiger partial charge in [0.25, 0.3) is 11.2 Å². The van der Waals surface area contributed by atoms with Gasteiger partial charge in [0.05, 0.1) is 34.6 Å². The maximum atomic E-state index is 12.3. The number of hydrogen-bond acceptors (Lipinski definition) is 9. The summed E-state index contributed by atoms with van der Waals surface area (Å²) in [5, 5.41) is 41.8. The van der Waals surface area contributed by atoms with Crippen molar-refractivity contribution in [2.75, 3.05) is 13.7 Å². The van der Waals surface area contributed by atoms with E-state index in [2.05, 4.69) is 4.99 Å². The molecule has 1 aromatic heterocycles. The van der Waals surface area contributed by atoms with Crippen LogP contribution in [0.25, 0.3) is 0 Å². The zero-order valence-corrected chi connectivity index (χ0v) is 15.4. The maximum absolute atomic E-state index is 12.3. The minimum atomic E-state index is -0.827. The van der Waals surface area contributed by atoms with E-state index in [0.29, 0.717) is 0 Å². The lowest BCUT2D eigenvalue weighted by Gasteiger charge is -2.13. The van der Waals surface area contributed by atoms with E-state index in [0.717, 1.165) is 29.0 Å². The van der Waals surface area contributed by atoms with Gasteiger partial charge in [-0.2, -0.15) is 5.26 Å². The Labute approximate surface area is 163 Å². The summed E-state index contributed by atoms with van der Waals surface area (Å²) in [7, 11) is 1.40. The maximum Gasteiger partial charge on any atom is 0.301 e. The summed E-state index contributed by atoms with van der Waals surface area (Å²) in [4.78, 5) is 36.7. The van der Waals surface area contributed by atoms with Gasteiger partial charge in [-0.1, -0.05) is 0 Å². The third-order valence-corrected chi connectivity index (χ3v) is 4.06. The predicted octanol–water partition coefficient (Wildman–Crippen LogP) is 1.95. The van der Waals surface area contributed by atoms with Crippen LogP contribution >= 0.6 is 0 Å². The zero-order chi connectivity index (χ0) is 21.7. The fourth-order valence-electron chi connectivity index (χ4n) is 2.53. The molecule has 2 aromatic rings. The summed E-state index contributed by atoms with van der Waals surface area (Å²) < 4.78 is 5.82. The van der Waals surface area contributed by atoms with Crippen LogP contribution in [0.4, 0.5) is 17.1 Å². The normalized spacial score (nSPS) is 10.8. The minimum absolute atomic E-state index is 0.00454. The van der Waals surface area contributed by atoms with Crippen LogP contribution in [0, 0.1) is 38.5 Å². The molecule has 0 atom stereocenters. The van der Waals surface area contributed by atoms with E-state index < -0.39 is 32.7 Å². The Balaban J connectivity index is 2.64. The van der Waals surface area contributed by atoms with Crippen molar-refractivity contribution in [3.63, 3.8) is 0 Å². The van der Waals surface area contributed by atoms with Crippen LogP contribution in [-0.2, 0) is 11.3 Å². The number of non-ortho nitro benzene ring substituents is 1. The predicted molar refractivity (Wildman–Crippen MR) is 101 cm³/mol. The molecular formula is C17H15N5O7. The molecule has 0 aliphatic rings. The van der Waals surface area contributed by atoms with E-state index in [1.807, 2.05) is 0 Å². The Kier molecular flexibility index (Phi) is 6.37. The smallest absolute Gasteiger partial charge is 0.301 e. The van der Waals surface area contributed by atoms with Crippen LogP contribution in [0.1, 0.15) is 16.7 Å². The third kappa shape index (κ3) is 4.25. The molecule has 1 N–H and O–H groups in total. The van der Waals surface area contributed by atoms with E-state index in [9.17, 15) is 35.4 Å². The van der Waals surface area contributed by atoms with Crippen LogP contribution in [0.15, 0.2) is 28.0 Å². The van der Waals surface area contributed by atoms with Gasteiger partial charge < -0.3 is 9.84 Å². The first-order chi connectivity index (χ1) is 13.7. The van der Waals surface area contributed by atoms with Crippen LogP contribution in [0.2, 0.25) is 0 Å². The van der Waals surface area contributed by atoms with Gasteiger partial charge in [0.2, 0.25) is 5.88 Å². The Morgan fingerprint density at radius 1 is 1.34 bits per heavy atom. The molecule has 12 nitrogen and oxygen atoms in total. The number of aliphatic imine (C=N–C) groups is 1. The number of methoxy groups -OCH3 is 1. The number of aromatic hydroxyl groups is 1. The molecule has 1 aromatic carbocycles. The second-order valence-electron chi connectivity index (χ2n) is 5.74. The number of nitro benzene ring substituents is 2. The summed E-state index contributed by atoms with van der Waals surface area (Å²) in [6.45, 7) is 1.48. The van der Waals surface area contributed by atoms with Gasteiger partial charge in [-0.15, -0.1) is 0 Å². The van der Waals surface area contributed by atoms with E-state index in [1.54, 1.807) is 6.07 Å². The largest absolute Gasteiger partial charge is 0.494 e. The highest BCUT2D eigenvalue weighted by atomic mass is 16.6. The topological polar surface area (TPSA) is 174 Å². The SMILES string of the molecule is COCCn1c(O)c(C=Nc2ccc([N+](=O)[O-])cc2[N+](=O)[O-])c(C)c(C#N)c1=O. The summed E-state index contributed by atoms with van der Waals surface area (Å²) in [6, 6.07) is 4.67. The Morgan fingerprint density at radius 3 is 2.59 bits per heavy atom. The van der Waals surface area contributed by atoms with Crippen molar-refractivity contribution < 1.29 is 19.7 Å². The molecule has 0 radical (unpaired) electrons. The summed E-state index contributed by atoms with van der Waals surface area (Å²) in [5.74, 6) is -0.489. The number of rotatable bonds is 7. The van der Waals surface area contributed by atoms with Crippen molar-refractivity contribution in [1.82, 2.24) is 4.57 Å². The van der Waals surface area contributed by atoms with Gasteiger partial charge in [-0.05, 0) is 18.6 Å². The van der Waals surface area contributed by atoms with E-state index in [1.165, 1.54) is 14.0 Å². The van der Waals surface area contributed by atoms with Crippen molar-refractivity contribution >= 4 is 23.3 Å². The molecule has 0 amide bonds. The van der Waals surface area contributed by atoms with E-state index >= 15 is 0 Å². The quantitative estimate of drug-likeness (QED) is 0.416. The number of pyridine rings is 1. The second kappa shape index (κ2) is 8.72. The summed E-state index contributed by atoms with van der Waals surface area (Å²) in [6.07, 6.45) is 1.06. The van der Waals surface area contributed by atoms with Gasteiger partial charge >= 0.3 is 5.69 Å².